The van der Waals surface area contributed by atoms with Crippen molar-refractivity contribution in [3.05, 3.63) is 45.8 Å². The third-order valence-corrected chi connectivity index (χ3v) is 2.86. The lowest BCUT2D eigenvalue weighted by molar-refractivity contribution is 0.943. The third kappa shape index (κ3) is 2.60. The average molecular weight is 298 g/mol. The van der Waals surface area contributed by atoms with E-state index in [1.54, 1.807) is 6.07 Å². The molecule has 1 aromatic carbocycles. The van der Waals surface area contributed by atoms with Crippen LogP contribution in [0.4, 0.5) is 0 Å². The molecule has 0 amide bonds. The zero-order valence-electron chi connectivity index (χ0n) is 8.74. The van der Waals surface area contributed by atoms with E-state index in [1.807, 2.05) is 31.2 Å². The summed E-state index contributed by atoms with van der Waals surface area (Å²) in [6.45, 7) is 2.01. The zero-order valence-corrected chi connectivity index (χ0v) is 11.1. The van der Waals surface area contributed by atoms with Crippen molar-refractivity contribution in [2.45, 2.75) is 13.3 Å². The summed E-state index contributed by atoms with van der Waals surface area (Å²) in [7, 11) is 0. The molecule has 0 radical (unpaired) electrons. The van der Waals surface area contributed by atoms with Gasteiger partial charge in [-0.25, -0.2) is 9.97 Å². The molecule has 82 valence electrons. The molecule has 0 spiro atoms. The molecule has 0 fully saturated rings. The van der Waals surface area contributed by atoms with Crippen molar-refractivity contribution in [2.24, 2.45) is 0 Å². The number of rotatable bonds is 2. The Labute approximate surface area is 108 Å². The van der Waals surface area contributed by atoms with Crippen LogP contribution in [-0.2, 0) is 6.42 Å². The quantitative estimate of drug-likeness (QED) is 0.779. The molecule has 2 aromatic rings. The Bertz CT molecular complexity index is 514. The van der Waals surface area contributed by atoms with Gasteiger partial charge in [0.1, 0.15) is 11.0 Å². The molecule has 0 N–H and O–H groups in total. The fourth-order valence-corrected chi connectivity index (χ4v) is 2.02. The molecule has 0 atom stereocenters. The fourth-order valence-electron chi connectivity index (χ4n) is 1.42. The second kappa shape index (κ2) is 4.93. The van der Waals surface area contributed by atoms with Gasteiger partial charge in [-0.2, -0.15) is 0 Å². The van der Waals surface area contributed by atoms with Crippen molar-refractivity contribution in [1.29, 1.82) is 0 Å². The highest BCUT2D eigenvalue weighted by Gasteiger charge is 2.04. The summed E-state index contributed by atoms with van der Waals surface area (Å²) in [6.07, 6.45) is 0.779. The van der Waals surface area contributed by atoms with Gasteiger partial charge in [0, 0.05) is 22.5 Å². The summed E-state index contributed by atoms with van der Waals surface area (Å²) in [5.41, 5.74) is 1.89. The summed E-state index contributed by atoms with van der Waals surface area (Å²) in [5.74, 6) is 0.766. The van der Waals surface area contributed by atoms with Crippen LogP contribution >= 0.6 is 27.5 Å². The van der Waals surface area contributed by atoms with Crippen molar-refractivity contribution >= 4 is 27.5 Å². The number of benzene rings is 1. The van der Waals surface area contributed by atoms with Gasteiger partial charge in [-0.15, -0.1) is 0 Å². The predicted molar refractivity (Wildman–Crippen MR) is 69.6 cm³/mol. The highest BCUT2D eigenvalue weighted by molar-refractivity contribution is 9.10. The van der Waals surface area contributed by atoms with Gasteiger partial charge in [-0.05, 0) is 12.1 Å². The molecule has 1 heterocycles. The zero-order chi connectivity index (χ0) is 11.5. The lowest BCUT2D eigenvalue weighted by atomic mass is 10.1. The Balaban J connectivity index is 2.51. The summed E-state index contributed by atoms with van der Waals surface area (Å²) in [6, 6.07) is 9.75. The van der Waals surface area contributed by atoms with E-state index in [2.05, 4.69) is 25.9 Å². The van der Waals surface area contributed by atoms with Crippen LogP contribution in [0.25, 0.3) is 11.3 Å². The van der Waals surface area contributed by atoms with Crippen molar-refractivity contribution < 1.29 is 0 Å². The van der Waals surface area contributed by atoms with Gasteiger partial charge in [0.05, 0.1) is 5.69 Å². The standard InChI is InChI=1S/C12H10BrClN2/c1-2-12-15-10(7-11(14)16-12)8-4-3-5-9(13)6-8/h3-7H,2H2,1H3. The lowest BCUT2D eigenvalue weighted by Gasteiger charge is -2.04. The molecule has 0 saturated heterocycles. The molecule has 1 aromatic heterocycles. The normalized spacial score (nSPS) is 10.4. The third-order valence-electron chi connectivity index (χ3n) is 2.18. The molecule has 0 aliphatic carbocycles. The minimum absolute atomic E-state index is 0.488. The summed E-state index contributed by atoms with van der Waals surface area (Å²) >= 11 is 9.39. The second-order valence-electron chi connectivity index (χ2n) is 3.36. The van der Waals surface area contributed by atoms with Crippen LogP contribution in [0.2, 0.25) is 5.15 Å². The number of halogens is 2. The van der Waals surface area contributed by atoms with Crippen LogP contribution in [0.5, 0.6) is 0 Å². The minimum Gasteiger partial charge on any atom is -0.233 e. The van der Waals surface area contributed by atoms with Gasteiger partial charge in [0.2, 0.25) is 0 Å². The maximum absolute atomic E-state index is 5.96. The van der Waals surface area contributed by atoms with Crippen molar-refractivity contribution in [3.8, 4) is 11.3 Å². The van der Waals surface area contributed by atoms with E-state index >= 15 is 0 Å². The largest absolute Gasteiger partial charge is 0.233 e. The Morgan fingerprint density at radius 2 is 2.06 bits per heavy atom. The van der Waals surface area contributed by atoms with E-state index in [9.17, 15) is 0 Å². The average Bonchev–Trinajstić information content (AvgIpc) is 2.28. The molecular weight excluding hydrogens is 288 g/mol. The van der Waals surface area contributed by atoms with E-state index < -0.39 is 0 Å². The molecule has 16 heavy (non-hydrogen) atoms. The first-order valence-electron chi connectivity index (χ1n) is 4.98. The molecule has 0 saturated carbocycles. The minimum atomic E-state index is 0.488. The van der Waals surface area contributed by atoms with E-state index in [4.69, 9.17) is 11.6 Å². The van der Waals surface area contributed by atoms with Gasteiger partial charge in [0.15, 0.2) is 0 Å². The number of hydrogen-bond acceptors (Lipinski definition) is 2. The molecule has 0 unspecified atom stereocenters. The molecule has 0 bridgehead atoms. The first-order valence-corrected chi connectivity index (χ1v) is 6.15. The van der Waals surface area contributed by atoms with E-state index in [0.29, 0.717) is 5.15 Å². The molecule has 2 rings (SSSR count). The molecule has 0 aliphatic heterocycles. The Kier molecular flexibility index (Phi) is 3.56. The number of aryl methyl sites for hydroxylation is 1. The van der Waals surface area contributed by atoms with Crippen molar-refractivity contribution in [3.63, 3.8) is 0 Å². The number of hydrogen-bond donors (Lipinski definition) is 0. The smallest absolute Gasteiger partial charge is 0.133 e. The SMILES string of the molecule is CCc1nc(Cl)cc(-c2cccc(Br)c2)n1. The fraction of sp³-hybridized carbons (Fsp3) is 0.167. The number of aromatic nitrogens is 2. The summed E-state index contributed by atoms with van der Waals surface area (Å²) < 4.78 is 1.03. The van der Waals surface area contributed by atoms with Crippen molar-refractivity contribution in [1.82, 2.24) is 9.97 Å². The molecular formula is C12H10BrClN2. The highest BCUT2D eigenvalue weighted by Crippen LogP contribution is 2.23. The Morgan fingerprint density at radius 3 is 2.75 bits per heavy atom. The monoisotopic (exact) mass is 296 g/mol. The van der Waals surface area contributed by atoms with Crippen LogP contribution in [0, 0.1) is 0 Å². The van der Waals surface area contributed by atoms with Gasteiger partial charge >= 0.3 is 0 Å². The van der Waals surface area contributed by atoms with E-state index in [-0.39, 0.29) is 0 Å². The van der Waals surface area contributed by atoms with Crippen LogP contribution in [-0.4, -0.2) is 9.97 Å². The van der Waals surface area contributed by atoms with E-state index in [1.165, 1.54) is 0 Å². The Hall–Kier alpha value is -0.930. The molecule has 4 heteroatoms. The highest BCUT2D eigenvalue weighted by atomic mass is 79.9. The molecule has 2 nitrogen and oxygen atoms in total. The van der Waals surface area contributed by atoms with Gasteiger partial charge < -0.3 is 0 Å². The lowest BCUT2D eigenvalue weighted by Crippen LogP contribution is -1.95. The Morgan fingerprint density at radius 1 is 1.25 bits per heavy atom. The number of nitrogens with zero attached hydrogens (tertiary/aromatic N) is 2. The van der Waals surface area contributed by atoms with Crippen LogP contribution in [0.3, 0.4) is 0 Å². The topological polar surface area (TPSA) is 25.8 Å². The van der Waals surface area contributed by atoms with Gasteiger partial charge in [0.25, 0.3) is 0 Å². The molecule has 0 aliphatic rings. The maximum atomic E-state index is 5.96. The summed E-state index contributed by atoms with van der Waals surface area (Å²) in [5, 5.41) is 0.488. The van der Waals surface area contributed by atoms with Gasteiger partial charge in [-0.1, -0.05) is 46.6 Å². The first-order chi connectivity index (χ1) is 7.69. The van der Waals surface area contributed by atoms with E-state index in [0.717, 1.165) is 28.0 Å². The maximum Gasteiger partial charge on any atom is 0.133 e. The van der Waals surface area contributed by atoms with Crippen LogP contribution in [0.15, 0.2) is 34.8 Å². The second-order valence-corrected chi connectivity index (χ2v) is 4.66. The summed E-state index contributed by atoms with van der Waals surface area (Å²) in [4.78, 5) is 8.59. The van der Waals surface area contributed by atoms with Crippen LogP contribution < -0.4 is 0 Å². The van der Waals surface area contributed by atoms with Crippen molar-refractivity contribution in [2.75, 3.05) is 0 Å². The predicted octanol–water partition coefficient (Wildman–Crippen LogP) is 4.12. The first kappa shape index (κ1) is 11.6. The van der Waals surface area contributed by atoms with Gasteiger partial charge in [-0.3, -0.25) is 0 Å². The van der Waals surface area contributed by atoms with Crippen LogP contribution in [0.1, 0.15) is 12.7 Å².